The lowest BCUT2D eigenvalue weighted by atomic mass is 10.2. The molecule has 0 unspecified atom stereocenters. The molecule has 2 rings (SSSR count). The van der Waals surface area contributed by atoms with E-state index in [1.54, 1.807) is 24.3 Å². The number of aryl methyl sites for hydroxylation is 2. The van der Waals surface area contributed by atoms with Gasteiger partial charge in [-0.15, -0.1) is 0 Å². The normalized spacial score (nSPS) is 10.2. The molecule has 2 aromatic rings. The van der Waals surface area contributed by atoms with Crippen LogP contribution in [0.4, 0.5) is 0 Å². The van der Waals surface area contributed by atoms with Crippen LogP contribution in [0.1, 0.15) is 21.7 Å². The van der Waals surface area contributed by atoms with Crippen molar-refractivity contribution in [1.82, 2.24) is 25.9 Å². The van der Waals surface area contributed by atoms with Crippen molar-refractivity contribution in [2.75, 3.05) is 6.54 Å². The number of hydrogen-bond acceptors (Lipinski definition) is 4. The summed E-state index contributed by atoms with van der Waals surface area (Å²) in [5, 5.41) is 6.86. The maximum absolute atomic E-state index is 11.9. The summed E-state index contributed by atoms with van der Waals surface area (Å²) in [7, 11) is 0. The second-order valence-electron chi connectivity index (χ2n) is 5.34. The van der Waals surface area contributed by atoms with E-state index < -0.39 is 17.7 Å². The number of hydrogen-bond donors (Lipinski definition) is 3. The Bertz CT molecular complexity index is 803. The Balaban J connectivity index is 1.75. The van der Waals surface area contributed by atoms with E-state index in [4.69, 9.17) is 11.6 Å². The van der Waals surface area contributed by atoms with Crippen LogP contribution in [0.5, 0.6) is 0 Å². The molecule has 0 aliphatic heterocycles. The zero-order chi connectivity index (χ0) is 18.4. The van der Waals surface area contributed by atoms with Gasteiger partial charge in [-0.3, -0.25) is 29.9 Å². The lowest BCUT2D eigenvalue weighted by molar-refractivity contribution is -0.128. The SMILES string of the molecule is Cc1cc(C)n(CC(=O)NNC(=O)CNC(=O)c2ccccc2Cl)n1. The zero-order valence-corrected chi connectivity index (χ0v) is 14.6. The molecule has 0 aliphatic carbocycles. The summed E-state index contributed by atoms with van der Waals surface area (Å²) < 4.78 is 1.52. The number of rotatable bonds is 5. The van der Waals surface area contributed by atoms with Crippen molar-refractivity contribution in [2.45, 2.75) is 20.4 Å². The minimum Gasteiger partial charge on any atom is -0.343 e. The lowest BCUT2D eigenvalue weighted by Crippen LogP contribution is -2.47. The number of nitrogens with zero attached hydrogens (tertiary/aromatic N) is 2. The molecule has 25 heavy (non-hydrogen) atoms. The summed E-state index contributed by atoms with van der Waals surface area (Å²) >= 11 is 5.90. The van der Waals surface area contributed by atoms with Gasteiger partial charge in [0.1, 0.15) is 6.54 Å². The van der Waals surface area contributed by atoms with E-state index in [0.29, 0.717) is 5.02 Å². The monoisotopic (exact) mass is 363 g/mol. The number of aromatic nitrogens is 2. The molecule has 1 aromatic carbocycles. The summed E-state index contributed by atoms with van der Waals surface area (Å²) in [6.45, 7) is 3.33. The second kappa shape index (κ2) is 8.29. The van der Waals surface area contributed by atoms with Crippen molar-refractivity contribution in [1.29, 1.82) is 0 Å². The first-order valence-electron chi connectivity index (χ1n) is 7.48. The van der Waals surface area contributed by atoms with Crippen LogP contribution < -0.4 is 16.2 Å². The average Bonchev–Trinajstić information content (AvgIpc) is 2.88. The lowest BCUT2D eigenvalue weighted by Gasteiger charge is -2.09. The molecule has 0 bridgehead atoms. The molecule has 0 saturated carbocycles. The Morgan fingerprint density at radius 2 is 1.80 bits per heavy atom. The van der Waals surface area contributed by atoms with Gasteiger partial charge in [0.2, 0.25) is 0 Å². The van der Waals surface area contributed by atoms with Gasteiger partial charge in [0.25, 0.3) is 17.7 Å². The number of carbonyl (C=O) groups is 3. The number of halogens is 1. The Morgan fingerprint density at radius 3 is 2.44 bits per heavy atom. The second-order valence-corrected chi connectivity index (χ2v) is 5.75. The fourth-order valence-electron chi connectivity index (χ4n) is 2.10. The Morgan fingerprint density at radius 1 is 1.12 bits per heavy atom. The molecule has 3 amide bonds. The molecule has 0 saturated heterocycles. The average molecular weight is 364 g/mol. The van der Waals surface area contributed by atoms with Gasteiger partial charge >= 0.3 is 0 Å². The van der Waals surface area contributed by atoms with Gasteiger partial charge in [0.05, 0.1) is 22.8 Å². The quantitative estimate of drug-likeness (QED) is 0.681. The molecule has 1 heterocycles. The van der Waals surface area contributed by atoms with E-state index in [2.05, 4.69) is 21.3 Å². The number of carbonyl (C=O) groups excluding carboxylic acids is 3. The van der Waals surface area contributed by atoms with Crippen LogP contribution in [0.15, 0.2) is 30.3 Å². The maximum atomic E-state index is 11.9. The molecule has 0 fully saturated rings. The van der Waals surface area contributed by atoms with Crippen molar-refractivity contribution in [3.63, 3.8) is 0 Å². The Hall–Kier alpha value is -2.87. The first-order valence-corrected chi connectivity index (χ1v) is 7.86. The first kappa shape index (κ1) is 18.5. The van der Waals surface area contributed by atoms with Crippen molar-refractivity contribution in [3.05, 3.63) is 52.3 Å². The fourth-order valence-corrected chi connectivity index (χ4v) is 2.32. The van der Waals surface area contributed by atoms with Gasteiger partial charge in [0, 0.05) is 5.69 Å². The molecule has 0 spiro atoms. The van der Waals surface area contributed by atoms with Gasteiger partial charge in [0.15, 0.2) is 0 Å². The highest BCUT2D eigenvalue weighted by atomic mass is 35.5. The van der Waals surface area contributed by atoms with Crippen molar-refractivity contribution >= 4 is 29.3 Å². The molecule has 0 atom stereocenters. The molecular formula is C16H18ClN5O3. The zero-order valence-electron chi connectivity index (χ0n) is 13.8. The summed E-state index contributed by atoms with van der Waals surface area (Å²) in [4.78, 5) is 35.4. The van der Waals surface area contributed by atoms with Crippen LogP contribution in [-0.2, 0) is 16.1 Å². The number of nitrogens with one attached hydrogen (secondary N) is 3. The van der Waals surface area contributed by atoms with Crippen LogP contribution in [0.3, 0.4) is 0 Å². The van der Waals surface area contributed by atoms with E-state index in [0.717, 1.165) is 11.4 Å². The molecule has 1 aromatic heterocycles. The van der Waals surface area contributed by atoms with Gasteiger partial charge in [-0.2, -0.15) is 5.10 Å². The predicted molar refractivity (Wildman–Crippen MR) is 91.8 cm³/mol. The smallest absolute Gasteiger partial charge is 0.260 e. The summed E-state index contributed by atoms with van der Waals surface area (Å²) in [5.74, 6) is -1.48. The summed E-state index contributed by atoms with van der Waals surface area (Å²) in [6.07, 6.45) is 0. The predicted octanol–water partition coefficient (Wildman–Crippen LogP) is 0.731. The van der Waals surface area contributed by atoms with Crippen molar-refractivity contribution in [3.8, 4) is 0 Å². The van der Waals surface area contributed by atoms with E-state index in [1.807, 2.05) is 19.9 Å². The fraction of sp³-hybridized carbons (Fsp3) is 0.250. The van der Waals surface area contributed by atoms with Crippen LogP contribution in [0.2, 0.25) is 5.02 Å². The standard InChI is InChI=1S/C16H18ClN5O3/c1-10-7-11(2)22(21-10)9-15(24)20-19-14(23)8-18-16(25)12-5-3-4-6-13(12)17/h3-7H,8-9H2,1-2H3,(H,18,25)(H,19,23)(H,20,24). The number of amides is 3. The third-order valence-corrected chi connectivity index (χ3v) is 3.60. The molecule has 132 valence electrons. The van der Waals surface area contributed by atoms with Crippen LogP contribution in [0, 0.1) is 13.8 Å². The molecule has 0 aliphatic rings. The Kier molecular flexibility index (Phi) is 6.13. The Labute approximate surface area is 149 Å². The van der Waals surface area contributed by atoms with Crippen LogP contribution in [0.25, 0.3) is 0 Å². The third-order valence-electron chi connectivity index (χ3n) is 3.27. The molecule has 3 N–H and O–H groups in total. The summed E-state index contributed by atoms with van der Waals surface area (Å²) in [6, 6.07) is 8.34. The minimum absolute atomic E-state index is 0.0219. The van der Waals surface area contributed by atoms with Gasteiger partial charge in [-0.05, 0) is 32.0 Å². The maximum Gasteiger partial charge on any atom is 0.260 e. The highest BCUT2D eigenvalue weighted by Crippen LogP contribution is 2.14. The largest absolute Gasteiger partial charge is 0.343 e. The highest BCUT2D eigenvalue weighted by molar-refractivity contribution is 6.33. The van der Waals surface area contributed by atoms with Crippen molar-refractivity contribution in [2.24, 2.45) is 0 Å². The van der Waals surface area contributed by atoms with Gasteiger partial charge in [-0.25, -0.2) is 0 Å². The van der Waals surface area contributed by atoms with Crippen LogP contribution in [-0.4, -0.2) is 34.0 Å². The highest BCUT2D eigenvalue weighted by Gasteiger charge is 2.12. The number of benzene rings is 1. The van der Waals surface area contributed by atoms with Crippen molar-refractivity contribution < 1.29 is 14.4 Å². The molecule has 0 radical (unpaired) electrons. The molecule has 9 heteroatoms. The van der Waals surface area contributed by atoms with Gasteiger partial charge < -0.3 is 5.32 Å². The van der Waals surface area contributed by atoms with E-state index in [1.165, 1.54) is 4.68 Å². The minimum atomic E-state index is -0.567. The molecule has 8 nitrogen and oxygen atoms in total. The first-order chi connectivity index (χ1) is 11.9. The van der Waals surface area contributed by atoms with E-state index >= 15 is 0 Å². The summed E-state index contributed by atoms with van der Waals surface area (Å²) in [5.41, 5.74) is 6.40. The topological polar surface area (TPSA) is 105 Å². The van der Waals surface area contributed by atoms with Gasteiger partial charge in [-0.1, -0.05) is 23.7 Å². The number of hydrazine groups is 1. The van der Waals surface area contributed by atoms with E-state index in [9.17, 15) is 14.4 Å². The third kappa shape index (κ3) is 5.32. The molecular weight excluding hydrogens is 346 g/mol. The van der Waals surface area contributed by atoms with E-state index in [-0.39, 0.29) is 18.7 Å². The van der Waals surface area contributed by atoms with Crippen LogP contribution >= 0.6 is 11.6 Å².